The highest BCUT2D eigenvalue weighted by Crippen LogP contribution is 2.32. The van der Waals surface area contributed by atoms with E-state index in [0.717, 1.165) is 30.5 Å². The molecule has 2 amide bonds. The molecule has 2 aromatic carbocycles. The van der Waals surface area contributed by atoms with Gasteiger partial charge in [-0.05, 0) is 42.7 Å². The molecule has 1 heterocycles. The third kappa shape index (κ3) is 3.31. The van der Waals surface area contributed by atoms with E-state index < -0.39 is 17.7 Å². The Hall–Kier alpha value is -2.50. The number of anilines is 1. The summed E-state index contributed by atoms with van der Waals surface area (Å²) in [6.07, 6.45) is 1.56. The van der Waals surface area contributed by atoms with Crippen LogP contribution in [0.2, 0.25) is 0 Å². The Kier molecular flexibility index (Phi) is 4.23. The molecule has 0 spiro atoms. The molecule has 1 saturated heterocycles. The van der Waals surface area contributed by atoms with Gasteiger partial charge in [0.2, 0.25) is 0 Å². The topological polar surface area (TPSA) is 32.3 Å². The maximum atomic E-state index is 13.6. The second kappa shape index (κ2) is 6.32. The van der Waals surface area contributed by atoms with Crippen LogP contribution in [-0.2, 0) is 0 Å². The molecule has 6 heteroatoms. The molecule has 1 N–H and O–H groups in total. The van der Waals surface area contributed by atoms with E-state index in [9.17, 15) is 18.0 Å². The predicted molar refractivity (Wildman–Crippen MR) is 80.5 cm³/mol. The molecule has 0 unspecified atom stereocenters. The van der Waals surface area contributed by atoms with Crippen molar-refractivity contribution in [3.05, 3.63) is 65.5 Å². The van der Waals surface area contributed by atoms with Crippen LogP contribution in [0, 0.1) is 17.5 Å². The number of halogens is 3. The molecule has 2 aromatic rings. The van der Waals surface area contributed by atoms with E-state index in [1.54, 1.807) is 17.0 Å². The van der Waals surface area contributed by atoms with Crippen molar-refractivity contribution < 1.29 is 18.0 Å². The number of rotatable bonds is 2. The lowest BCUT2D eigenvalue weighted by Gasteiger charge is -2.25. The smallest absolute Gasteiger partial charge is 0.317 e. The molecule has 0 saturated carbocycles. The lowest BCUT2D eigenvalue weighted by atomic mass is 10.0. The van der Waals surface area contributed by atoms with Crippen LogP contribution in [0.25, 0.3) is 0 Å². The number of hydrogen-bond donors (Lipinski definition) is 1. The molecule has 0 bridgehead atoms. The van der Waals surface area contributed by atoms with Crippen LogP contribution < -0.4 is 5.32 Å². The van der Waals surface area contributed by atoms with Gasteiger partial charge in [0.05, 0.1) is 11.7 Å². The summed E-state index contributed by atoms with van der Waals surface area (Å²) < 4.78 is 39.6. The van der Waals surface area contributed by atoms with Gasteiger partial charge < -0.3 is 10.2 Å². The number of carbonyl (C=O) groups is 1. The largest absolute Gasteiger partial charge is 0.322 e. The number of hydrogen-bond acceptors (Lipinski definition) is 1. The highest BCUT2D eigenvalue weighted by Gasteiger charge is 2.30. The molecule has 0 aliphatic carbocycles. The van der Waals surface area contributed by atoms with Crippen LogP contribution in [-0.4, -0.2) is 17.5 Å². The SMILES string of the molecule is O=C(Nc1ccc(F)cc1F)N1CCC[C@@H]1c1ccc(F)cc1. The molecule has 3 rings (SSSR count). The Bertz CT molecular complexity index is 718. The Morgan fingerprint density at radius 2 is 1.74 bits per heavy atom. The minimum atomic E-state index is -0.823. The molecule has 1 fully saturated rings. The van der Waals surface area contributed by atoms with Crippen LogP contribution in [0.15, 0.2) is 42.5 Å². The number of nitrogens with zero attached hydrogens (tertiary/aromatic N) is 1. The molecule has 1 aliphatic rings. The van der Waals surface area contributed by atoms with Gasteiger partial charge in [0.15, 0.2) is 0 Å². The van der Waals surface area contributed by atoms with Crippen LogP contribution in [0.4, 0.5) is 23.7 Å². The number of urea groups is 1. The Morgan fingerprint density at radius 3 is 2.43 bits per heavy atom. The van der Waals surface area contributed by atoms with Crippen molar-refractivity contribution in [1.29, 1.82) is 0 Å². The van der Waals surface area contributed by atoms with Crippen molar-refractivity contribution in [3.8, 4) is 0 Å². The molecule has 23 heavy (non-hydrogen) atoms. The molecule has 120 valence electrons. The summed E-state index contributed by atoms with van der Waals surface area (Å²) in [6.45, 7) is 0.524. The van der Waals surface area contributed by atoms with Gasteiger partial charge in [0, 0.05) is 12.6 Å². The third-order valence-corrected chi connectivity index (χ3v) is 3.94. The molecule has 1 aliphatic heterocycles. The minimum Gasteiger partial charge on any atom is -0.317 e. The molecule has 0 aromatic heterocycles. The van der Waals surface area contributed by atoms with Crippen molar-refractivity contribution in [2.75, 3.05) is 11.9 Å². The first-order chi connectivity index (χ1) is 11.0. The lowest BCUT2D eigenvalue weighted by Crippen LogP contribution is -2.34. The standard InChI is InChI=1S/C17H15F3N2O/c18-12-5-3-11(4-6-12)16-2-1-9-22(16)17(23)21-15-8-7-13(19)10-14(15)20/h3-8,10,16H,1-2,9H2,(H,21,23)/t16-/m1/s1. The lowest BCUT2D eigenvalue weighted by molar-refractivity contribution is 0.207. The van der Waals surface area contributed by atoms with Crippen molar-refractivity contribution in [2.24, 2.45) is 0 Å². The van der Waals surface area contributed by atoms with Crippen molar-refractivity contribution in [3.63, 3.8) is 0 Å². The van der Waals surface area contributed by atoms with E-state index in [4.69, 9.17) is 0 Å². The minimum absolute atomic E-state index is 0.0684. The fourth-order valence-corrected chi connectivity index (χ4v) is 2.82. The molecule has 0 radical (unpaired) electrons. The zero-order chi connectivity index (χ0) is 16.4. The van der Waals surface area contributed by atoms with Crippen LogP contribution >= 0.6 is 0 Å². The van der Waals surface area contributed by atoms with Gasteiger partial charge in [-0.3, -0.25) is 0 Å². The van der Waals surface area contributed by atoms with Crippen LogP contribution in [0.3, 0.4) is 0 Å². The Morgan fingerprint density at radius 1 is 1.04 bits per heavy atom. The Balaban J connectivity index is 1.76. The van der Waals surface area contributed by atoms with E-state index in [0.29, 0.717) is 6.54 Å². The zero-order valence-corrected chi connectivity index (χ0v) is 12.2. The normalized spacial score (nSPS) is 17.3. The first-order valence-corrected chi connectivity index (χ1v) is 7.33. The predicted octanol–water partition coefficient (Wildman–Crippen LogP) is 4.47. The van der Waals surface area contributed by atoms with Gasteiger partial charge in [0.25, 0.3) is 0 Å². The van der Waals surface area contributed by atoms with Gasteiger partial charge in [-0.2, -0.15) is 0 Å². The maximum absolute atomic E-state index is 13.6. The number of carbonyl (C=O) groups excluding carboxylic acids is 1. The number of amides is 2. The second-order valence-electron chi connectivity index (χ2n) is 5.46. The average Bonchev–Trinajstić information content (AvgIpc) is 3.00. The van der Waals surface area contributed by atoms with Crippen LogP contribution in [0.1, 0.15) is 24.4 Å². The van der Waals surface area contributed by atoms with Gasteiger partial charge in [-0.15, -0.1) is 0 Å². The number of likely N-dealkylation sites (tertiary alicyclic amines) is 1. The fourth-order valence-electron chi connectivity index (χ4n) is 2.82. The highest BCUT2D eigenvalue weighted by atomic mass is 19.1. The van der Waals surface area contributed by atoms with Crippen molar-refractivity contribution >= 4 is 11.7 Å². The van der Waals surface area contributed by atoms with Gasteiger partial charge in [0.1, 0.15) is 17.5 Å². The number of nitrogens with one attached hydrogen (secondary N) is 1. The van der Waals surface area contributed by atoms with E-state index in [1.807, 2.05) is 0 Å². The second-order valence-corrected chi connectivity index (χ2v) is 5.46. The fraction of sp³-hybridized carbons (Fsp3) is 0.235. The van der Waals surface area contributed by atoms with E-state index >= 15 is 0 Å². The summed E-state index contributed by atoms with van der Waals surface area (Å²) in [5.41, 5.74) is 0.764. The van der Waals surface area contributed by atoms with E-state index in [-0.39, 0.29) is 17.5 Å². The monoisotopic (exact) mass is 320 g/mol. The first kappa shape index (κ1) is 15.4. The molecular weight excluding hydrogens is 305 g/mol. The van der Waals surface area contributed by atoms with Gasteiger partial charge in [-0.25, -0.2) is 18.0 Å². The van der Waals surface area contributed by atoms with Gasteiger partial charge in [-0.1, -0.05) is 12.1 Å². The summed E-state index contributed by atoms with van der Waals surface area (Å²) in [5, 5.41) is 2.46. The summed E-state index contributed by atoms with van der Waals surface area (Å²) in [6, 6.07) is 8.34. The molecule has 3 nitrogen and oxygen atoms in total. The quantitative estimate of drug-likeness (QED) is 0.870. The summed E-state index contributed by atoms with van der Waals surface area (Å²) in [5.74, 6) is -1.86. The molecule has 1 atom stereocenters. The highest BCUT2D eigenvalue weighted by molar-refractivity contribution is 5.90. The van der Waals surface area contributed by atoms with Crippen LogP contribution in [0.5, 0.6) is 0 Å². The first-order valence-electron chi connectivity index (χ1n) is 7.33. The summed E-state index contributed by atoms with van der Waals surface area (Å²) in [7, 11) is 0. The van der Waals surface area contributed by atoms with Crippen molar-refractivity contribution in [2.45, 2.75) is 18.9 Å². The third-order valence-electron chi connectivity index (χ3n) is 3.94. The van der Waals surface area contributed by atoms with E-state index in [1.165, 1.54) is 18.2 Å². The molecular formula is C17H15F3N2O. The van der Waals surface area contributed by atoms with Gasteiger partial charge >= 0.3 is 6.03 Å². The average molecular weight is 320 g/mol. The maximum Gasteiger partial charge on any atom is 0.322 e. The van der Waals surface area contributed by atoms with Crippen molar-refractivity contribution in [1.82, 2.24) is 4.90 Å². The Labute approximate surface area is 131 Å². The summed E-state index contributed by atoms with van der Waals surface area (Å²) >= 11 is 0. The number of benzene rings is 2. The van der Waals surface area contributed by atoms with E-state index in [2.05, 4.69) is 5.32 Å². The summed E-state index contributed by atoms with van der Waals surface area (Å²) in [4.78, 5) is 14.0. The zero-order valence-electron chi connectivity index (χ0n) is 12.2.